The maximum Gasteiger partial charge on any atom is 0.235 e. The molecule has 39 heavy (non-hydrogen) atoms. The molecule has 0 radical (unpaired) electrons. The van der Waals surface area contributed by atoms with E-state index in [1.165, 1.54) is 27.2 Å². The van der Waals surface area contributed by atoms with Crippen LogP contribution in [0.5, 0.6) is 11.5 Å². The molecular formula is C29H28Cl2N2O6. The Morgan fingerprint density at radius 3 is 1.97 bits per heavy atom. The molecule has 0 aliphatic heterocycles. The number of hydrogen-bond acceptors (Lipinski definition) is 6. The van der Waals surface area contributed by atoms with Crippen LogP contribution in [0, 0.1) is 11.8 Å². The molecule has 2 amide bonds. The van der Waals surface area contributed by atoms with Gasteiger partial charge in [0, 0.05) is 22.4 Å². The number of methoxy groups -OCH3 is 2. The number of nitrogens with one attached hydrogen (secondary N) is 2. The van der Waals surface area contributed by atoms with Gasteiger partial charge in [0.25, 0.3) is 0 Å². The Kier molecular flexibility index (Phi) is 8.49. The fourth-order valence-electron chi connectivity index (χ4n) is 5.15. The Labute approximate surface area is 236 Å². The number of anilines is 2. The summed E-state index contributed by atoms with van der Waals surface area (Å²) in [6.45, 7) is 1.41. The summed E-state index contributed by atoms with van der Waals surface area (Å²) >= 11 is 12.7. The number of carbonyl (C=O) groups is 3. The smallest absolute Gasteiger partial charge is 0.235 e. The average molecular weight is 571 g/mol. The third-order valence-corrected chi connectivity index (χ3v) is 7.45. The van der Waals surface area contributed by atoms with Gasteiger partial charge in [-0.15, -0.1) is 0 Å². The Hall–Kier alpha value is -3.59. The first kappa shape index (κ1) is 28.4. The van der Waals surface area contributed by atoms with Gasteiger partial charge in [0.1, 0.15) is 23.2 Å². The molecule has 3 N–H and O–H groups in total. The van der Waals surface area contributed by atoms with Gasteiger partial charge in [-0.2, -0.15) is 0 Å². The number of benzene rings is 3. The zero-order valence-corrected chi connectivity index (χ0v) is 23.0. The molecule has 4 unspecified atom stereocenters. The summed E-state index contributed by atoms with van der Waals surface area (Å²) in [5.74, 6) is -4.75. The minimum atomic E-state index is -1.81. The first-order valence-corrected chi connectivity index (χ1v) is 12.9. The van der Waals surface area contributed by atoms with Crippen LogP contribution < -0.4 is 20.1 Å². The Bertz CT molecular complexity index is 1410. The van der Waals surface area contributed by atoms with Crippen molar-refractivity contribution in [2.75, 3.05) is 24.9 Å². The molecule has 1 fully saturated rings. The van der Waals surface area contributed by atoms with Gasteiger partial charge in [0.2, 0.25) is 11.8 Å². The van der Waals surface area contributed by atoms with Crippen molar-refractivity contribution in [2.24, 2.45) is 11.8 Å². The lowest BCUT2D eigenvalue weighted by Crippen LogP contribution is -2.56. The third kappa shape index (κ3) is 5.88. The molecule has 8 nitrogen and oxygen atoms in total. The number of aliphatic hydroxyl groups is 1. The summed E-state index contributed by atoms with van der Waals surface area (Å²) in [4.78, 5) is 41.2. The van der Waals surface area contributed by atoms with Crippen LogP contribution in [0.25, 0.3) is 0 Å². The van der Waals surface area contributed by atoms with Crippen molar-refractivity contribution < 1.29 is 29.0 Å². The molecule has 1 aliphatic carbocycles. The second-order valence-electron chi connectivity index (χ2n) is 9.53. The standard InChI is InChI=1S/C29H28Cl2N2O6/c1-29(37)15-21(34)25(27(35)32-19-8-4-6-10-22(19)38-2)24(17-13-12-16(30)14-18(17)31)26(29)28(36)33-20-9-5-7-11-23(20)39-3/h4-14,24-26,37H,15H2,1-3H3,(H,32,35)(H,33,36). The molecule has 1 aliphatic rings. The summed E-state index contributed by atoms with van der Waals surface area (Å²) in [5, 5.41) is 17.5. The van der Waals surface area contributed by atoms with Crippen molar-refractivity contribution in [3.8, 4) is 11.5 Å². The van der Waals surface area contributed by atoms with Crippen molar-refractivity contribution in [1.82, 2.24) is 0 Å². The monoisotopic (exact) mass is 570 g/mol. The fraction of sp³-hybridized carbons (Fsp3) is 0.276. The van der Waals surface area contributed by atoms with Crippen molar-refractivity contribution in [2.45, 2.75) is 24.9 Å². The van der Waals surface area contributed by atoms with Gasteiger partial charge in [0.05, 0.1) is 37.1 Å². The number of ketones is 1. The summed E-state index contributed by atoms with van der Waals surface area (Å²) in [6.07, 6.45) is -0.428. The highest BCUT2D eigenvalue weighted by Crippen LogP contribution is 2.49. The van der Waals surface area contributed by atoms with Gasteiger partial charge in [-0.3, -0.25) is 14.4 Å². The first-order chi connectivity index (χ1) is 18.6. The van der Waals surface area contributed by atoms with Gasteiger partial charge < -0.3 is 25.2 Å². The predicted molar refractivity (Wildman–Crippen MR) is 150 cm³/mol. The lowest BCUT2D eigenvalue weighted by Gasteiger charge is -2.44. The largest absolute Gasteiger partial charge is 0.495 e. The lowest BCUT2D eigenvalue weighted by atomic mass is 9.61. The first-order valence-electron chi connectivity index (χ1n) is 12.1. The van der Waals surface area contributed by atoms with Crippen molar-refractivity contribution in [1.29, 1.82) is 0 Å². The summed E-state index contributed by atoms with van der Waals surface area (Å²) in [7, 11) is 2.93. The number of Topliss-reactive ketones (excluding diaryl/α,β-unsaturated/α-hetero) is 1. The molecule has 3 aromatic rings. The maximum atomic E-state index is 13.9. The molecule has 0 aromatic heterocycles. The fourth-order valence-corrected chi connectivity index (χ4v) is 5.69. The van der Waals surface area contributed by atoms with E-state index in [4.69, 9.17) is 32.7 Å². The highest BCUT2D eigenvalue weighted by molar-refractivity contribution is 6.35. The second-order valence-corrected chi connectivity index (χ2v) is 10.4. The normalized spacial score (nSPS) is 22.6. The van der Waals surface area contributed by atoms with Crippen LogP contribution in [0.2, 0.25) is 10.0 Å². The average Bonchev–Trinajstić information content (AvgIpc) is 2.88. The molecule has 4 atom stereocenters. The van der Waals surface area contributed by atoms with Crippen LogP contribution in [0.1, 0.15) is 24.8 Å². The van der Waals surface area contributed by atoms with Gasteiger partial charge in [-0.25, -0.2) is 0 Å². The van der Waals surface area contributed by atoms with Crippen molar-refractivity contribution in [3.63, 3.8) is 0 Å². The van der Waals surface area contributed by atoms with Crippen LogP contribution in [0.3, 0.4) is 0 Å². The molecule has 10 heteroatoms. The van der Waals surface area contributed by atoms with E-state index < -0.39 is 47.4 Å². The van der Waals surface area contributed by atoms with E-state index in [1.807, 2.05) is 0 Å². The van der Waals surface area contributed by atoms with Gasteiger partial charge >= 0.3 is 0 Å². The third-order valence-electron chi connectivity index (χ3n) is 6.88. The van der Waals surface area contributed by atoms with Crippen molar-refractivity contribution >= 4 is 52.2 Å². The summed E-state index contributed by atoms with van der Waals surface area (Å²) in [6, 6.07) is 18.1. The quantitative estimate of drug-likeness (QED) is 0.331. The predicted octanol–water partition coefficient (Wildman–Crippen LogP) is 5.33. The van der Waals surface area contributed by atoms with Crippen LogP contribution in [-0.4, -0.2) is 42.5 Å². The topological polar surface area (TPSA) is 114 Å². The summed E-state index contributed by atoms with van der Waals surface area (Å²) < 4.78 is 10.7. The number of carbonyl (C=O) groups excluding carboxylic acids is 3. The van der Waals surface area contributed by atoms with Gasteiger partial charge in [-0.1, -0.05) is 53.5 Å². The van der Waals surface area contributed by atoms with E-state index in [2.05, 4.69) is 10.6 Å². The van der Waals surface area contributed by atoms with E-state index in [-0.39, 0.29) is 5.02 Å². The molecule has 4 rings (SSSR count). The molecule has 0 saturated heterocycles. The van der Waals surface area contributed by atoms with Crippen LogP contribution in [-0.2, 0) is 14.4 Å². The minimum absolute atomic E-state index is 0.156. The molecule has 0 heterocycles. The molecule has 3 aromatic carbocycles. The zero-order chi connectivity index (χ0) is 28.3. The lowest BCUT2D eigenvalue weighted by molar-refractivity contribution is -0.150. The van der Waals surface area contributed by atoms with E-state index in [0.29, 0.717) is 33.5 Å². The number of hydrogen-bond donors (Lipinski definition) is 3. The molecule has 1 saturated carbocycles. The highest BCUT2D eigenvalue weighted by atomic mass is 35.5. The van der Waals surface area contributed by atoms with E-state index >= 15 is 0 Å². The molecular weight excluding hydrogens is 543 g/mol. The van der Waals surface area contributed by atoms with Crippen LogP contribution in [0.15, 0.2) is 66.7 Å². The zero-order valence-electron chi connectivity index (χ0n) is 21.5. The Balaban J connectivity index is 1.82. The molecule has 204 valence electrons. The van der Waals surface area contributed by atoms with Crippen molar-refractivity contribution in [3.05, 3.63) is 82.3 Å². The second kappa shape index (κ2) is 11.7. The minimum Gasteiger partial charge on any atom is -0.495 e. The Morgan fingerprint density at radius 1 is 0.897 bits per heavy atom. The van der Waals surface area contributed by atoms with E-state index in [0.717, 1.165) is 0 Å². The number of amides is 2. The number of halogens is 2. The van der Waals surface area contributed by atoms with Crippen LogP contribution in [0.4, 0.5) is 11.4 Å². The molecule has 0 bridgehead atoms. The number of rotatable bonds is 7. The van der Waals surface area contributed by atoms with Gasteiger partial charge in [-0.05, 0) is 48.9 Å². The number of para-hydroxylation sites is 4. The molecule has 0 spiro atoms. The van der Waals surface area contributed by atoms with Gasteiger partial charge in [0.15, 0.2) is 0 Å². The SMILES string of the molecule is COc1ccccc1NC(=O)C1C(=O)CC(C)(O)C(C(=O)Nc2ccccc2OC)C1c1ccc(Cl)cc1Cl. The maximum absolute atomic E-state index is 13.9. The van der Waals surface area contributed by atoms with E-state index in [9.17, 15) is 19.5 Å². The van der Waals surface area contributed by atoms with Crippen LogP contribution >= 0.6 is 23.2 Å². The summed E-state index contributed by atoms with van der Waals surface area (Å²) in [5.41, 5.74) is -0.757. The highest BCUT2D eigenvalue weighted by Gasteiger charge is 2.56. The Morgan fingerprint density at radius 2 is 1.44 bits per heavy atom. The number of ether oxygens (including phenoxy) is 2. The van der Waals surface area contributed by atoms with E-state index in [1.54, 1.807) is 60.7 Å².